The zero-order valence-corrected chi connectivity index (χ0v) is 13.1. The Bertz CT molecular complexity index is 626. The van der Waals surface area contributed by atoms with Gasteiger partial charge in [0.15, 0.2) is 0 Å². The molecule has 1 heterocycles. The summed E-state index contributed by atoms with van der Waals surface area (Å²) in [6.45, 7) is 2.13. The smallest absolute Gasteiger partial charge is 0.121 e. The SMILES string of the molecule is CN1C[C@](C)(O)[C@@](O)(c2ccccc2)C[C@H]1c1ccccc1. The van der Waals surface area contributed by atoms with E-state index in [1.807, 2.05) is 55.6 Å². The van der Waals surface area contributed by atoms with E-state index in [-0.39, 0.29) is 6.04 Å². The second-order valence-electron chi connectivity index (χ2n) is 6.55. The van der Waals surface area contributed by atoms with E-state index in [1.54, 1.807) is 6.92 Å². The van der Waals surface area contributed by atoms with Gasteiger partial charge in [-0.3, -0.25) is 4.90 Å². The summed E-state index contributed by atoms with van der Waals surface area (Å²) in [5, 5.41) is 22.2. The quantitative estimate of drug-likeness (QED) is 0.896. The first-order valence-electron chi connectivity index (χ1n) is 7.69. The number of benzene rings is 2. The third-order valence-corrected chi connectivity index (χ3v) is 4.90. The summed E-state index contributed by atoms with van der Waals surface area (Å²) in [6, 6.07) is 19.7. The summed E-state index contributed by atoms with van der Waals surface area (Å²) in [4.78, 5) is 2.12. The minimum atomic E-state index is -1.26. The van der Waals surface area contributed by atoms with Crippen molar-refractivity contribution in [2.75, 3.05) is 13.6 Å². The molecule has 2 aromatic rings. The molecule has 0 aromatic heterocycles. The van der Waals surface area contributed by atoms with E-state index in [0.717, 1.165) is 11.1 Å². The van der Waals surface area contributed by atoms with Crippen LogP contribution in [-0.2, 0) is 5.60 Å². The van der Waals surface area contributed by atoms with Crippen LogP contribution < -0.4 is 0 Å². The second kappa shape index (κ2) is 5.51. The number of piperidine rings is 1. The number of hydrogen-bond donors (Lipinski definition) is 2. The van der Waals surface area contributed by atoms with Crippen LogP contribution in [-0.4, -0.2) is 34.3 Å². The highest BCUT2D eigenvalue weighted by molar-refractivity contribution is 5.30. The molecule has 0 aliphatic carbocycles. The predicted molar refractivity (Wildman–Crippen MR) is 87.4 cm³/mol. The molecule has 0 spiro atoms. The Morgan fingerprint density at radius 1 is 0.955 bits per heavy atom. The maximum Gasteiger partial charge on any atom is 0.121 e. The van der Waals surface area contributed by atoms with Gasteiger partial charge in [-0.05, 0) is 25.1 Å². The van der Waals surface area contributed by atoms with Gasteiger partial charge in [-0.2, -0.15) is 0 Å². The molecule has 3 atom stereocenters. The van der Waals surface area contributed by atoms with Gasteiger partial charge < -0.3 is 10.2 Å². The van der Waals surface area contributed by atoms with Crippen LogP contribution in [0.4, 0.5) is 0 Å². The predicted octanol–water partition coefficient (Wildman–Crippen LogP) is 2.70. The van der Waals surface area contributed by atoms with Crippen LogP contribution in [0.2, 0.25) is 0 Å². The lowest BCUT2D eigenvalue weighted by molar-refractivity contribution is -0.197. The number of hydrogen-bond acceptors (Lipinski definition) is 3. The standard InChI is InChI=1S/C19H23NO2/c1-18(21)14-20(2)17(15-9-5-3-6-10-15)13-19(18,22)16-11-7-4-8-12-16/h3-12,17,21-22H,13-14H2,1-2H3/t17-,18-,19-/m0/s1. The third kappa shape index (κ3) is 2.45. The highest BCUT2D eigenvalue weighted by Gasteiger charge is 2.53. The van der Waals surface area contributed by atoms with Crippen LogP contribution >= 0.6 is 0 Å². The van der Waals surface area contributed by atoms with Crippen LogP contribution in [0, 0.1) is 0 Å². The number of β-amino-alcohol motifs (C(OH)–C–C–N with tert-alkyl or cyclic N) is 1. The normalized spacial score (nSPS) is 32.8. The first-order valence-corrected chi connectivity index (χ1v) is 7.69. The van der Waals surface area contributed by atoms with E-state index >= 15 is 0 Å². The maximum atomic E-state index is 11.3. The van der Waals surface area contributed by atoms with E-state index in [0.29, 0.717) is 13.0 Å². The van der Waals surface area contributed by atoms with E-state index in [2.05, 4.69) is 17.0 Å². The van der Waals surface area contributed by atoms with Gasteiger partial charge in [0.1, 0.15) is 11.2 Å². The molecule has 0 amide bonds. The first-order chi connectivity index (χ1) is 10.4. The average Bonchev–Trinajstić information content (AvgIpc) is 2.52. The summed E-state index contributed by atoms with van der Waals surface area (Å²) >= 11 is 0. The Morgan fingerprint density at radius 2 is 1.50 bits per heavy atom. The van der Waals surface area contributed by atoms with Crippen molar-refractivity contribution in [1.29, 1.82) is 0 Å². The van der Waals surface area contributed by atoms with Crippen molar-refractivity contribution >= 4 is 0 Å². The third-order valence-electron chi connectivity index (χ3n) is 4.90. The van der Waals surface area contributed by atoms with Crippen molar-refractivity contribution in [3.63, 3.8) is 0 Å². The molecule has 2 N–H and O–H groups in total. The van der Waals surface area contributed by atoms with Crippen molar-refractivity contribution in [1.82, 2.24) is 4.90 Å². The summed E-state index contributed by atoms with van der Waals surface area (Å²) in [5.74, 6) is 0. The van der Waals surface area contributed by atoms with Gasteiger partial charge >= 0.3 is 0 Å². The van der Waals surface area contributed by atoms with Crippen LogP contribution in [0.5, 0.6) is 0 Å². The molecule has 3 rings (SSSR count). The molecule has 1 aliphatic rings. The molecule has 1 aliphatic heterocycles. The Morgan fingerprint density at radius 3 is 2.09 bits per heavy atom. The molecule has 22 heavy (non-hydrogen) atoms. The Hall–Kier alpha value is -1.68. The molecule has 0 radical (unpaired) electrons. The molecule has 2 aromatic carbocycles. The largest absolute Gasteiger partial charge is 0.385 e. The summed E-state index contributed by atoms with van der Waals surface area (Å²) in [7, 11) is 2.00. The van der Waals surface area contributed by atoms with E-state index in [1.165, 1.54) is 0 Å². The fraction of sp³-hybridized carbons (Fsp3) is 0.368. The van der Waals surface area contributed by atoms with Crippen LogP contribution in [0.3, 0.4) is 0 Å². The lowest BCUT2D eigenvalue weighted by atomic mass is 9.70. The van der Waals surface area contributed by atoms with Gasteiger partial charge in [0.05, 0.1) is 0 Å². The number of rotatable bonds is 2. The van der Waals surface area contributed by atoms with Crippen LogP contribution in [0.25, 0.3) is 0 Å². The Balaban J connectivity index is 2.02. The van der Waals surface area contributed by atoms with E-state index < -0.39 is 11.2 Å². The van der Waals surface area contributed by atoms with Crippen LogP contribution in [0.15, 0.2) is 60.7 Å². The molecule has 1 saturated heterocycles. The average molecular weight is 297 g/mol. The molecular formula is C19H23NO2. The number of likely N-dealkylation sites (tertiary alicyclic amines) is 1. The van der Waals surface area contributed by atoms with E-state index in [9.17, 15) is 10.2 Å². The highest BCUT2D eigenvalue weighted by atomic mass is 16.4. The van der Waals surface area contributed by atoms with Crippen molar-refractivity contribution in [3.8, 4) is 0 Å². The van der Waals surface area contributed by atoms with Crippen molar-refractivity contribution in [3.05, 3.63) is 71.8 Å². The zero-order valence-electron chi connectivity index (χ0n) is 13.1. The molecule has 116 valence electrons. The topological polar surface area (TPSA) is 43.7 Å². The number of nitrogens with zero attached hydrogens (tertiary/aromatic N) is 1. The summed E-state index contributed by atoms with van der Waals surface area (Å²) in [5.41, 5.74) is -0.528. The molecule has 3 heteroatoms. The van der Waals surface area contributed by atoms with Gasteiger partial charge in [-0.15, -0.1) is 0 Å². The van der Waals surface area contributed by atoms with Gasteiger partial charge in [0, 0.05) is 19.0 Å². The monoisotopic (exact) mass is 297 g/mol. The highest BCUT2D eigenvalue weighted by Crippen LogP contribution is 2.46. The first kappa shape index (κ1) is 15.2. The van der Waals surface area contributed by atoms with E-state index in [4.69, 9.17) is 0 Å². The minimum Gasteiger partial charge on any atom is -0.385 e. The van der Waals surface area contributed by atoms with Crippen LogP contribution in [0.1, 0.15) is 30.5 Å². The van der Waals surface area contributed by atoms with Gasteiger partial charge in [-0.25, -0.2) is 0 Å². The Kier molecular flexibility index (Phi) is 3.81. The second-order valence-corrected chi connectivity index (χ2v) is 6.55. The maximum absolute atomic E-state index is 11.3. The van der Waals surface area contributed by atoms with Crippen molar-refractivity contribution in [2.45, 2.75) is 30.6 Å². The summed E-state index contributed by atoms with van der Waals surface area (Å²) in [6.07, 6.45) is 0.463. The Labute approximate surface area is 131 Å². The molecule has 0 bridgehead atoms. The minimum absolute atomic E-state index is 0.0756. The fourth-order valence-corrected chi connectivity index (χ4v) is 3.57. The molecule has 0 unspecified atom stereocenters. The molecule has 0 saturated carbocycles. The molecule has 3 nitrogen and oxygen atoms in total. The van der Waals surface area contributed by atoms with Crippen molar-refractivity contribution < 1.29 is 10.2 Å². The molecular weight excluding hydrogens is 274 g/mol. The zero-order chi connectivity index (χ0) is 15.8. The molecule has 1 fully saturated rings. The lowest BCUT2D eigenvalue weighted by Crippen LogP contribution is -2.61. The fourth-order valence-electron chi connectivity index (χ4n) is 3.57. The van der Waals surface area contributed by atoms with Gasteiger partial charge in [-0.1, -0.05) is 60.7 Å². The number of likely N-dealkylation sites (N-methyl/N-ethyl adjacent to an activating group) is 1. The van der Waals surface area contributed by atoms with Gasteiger partial charge in [0.2, 0.25) is 0 Å². The summed E-state index contributed by atoms with van der Waals surface area (Å²) < 4.78 is 0. The van der Waals surface area contributed by atoms with Gasteiger partial charge in [0.25, 0.3) is 0 Å². The van der Waals surface area contributed by atoms with Crippen molar-refractivity contribution in [2.24, 2.45) is 0 Å². The lowest BCUT2D eigenvalue weighted by Gasteiger charge is -2.52. The number of aliphatic hydroxyl groups is 2.